The summed E-state index contributed by atoms with van der Waals surface area (Å²) in [5.41, 5.74) is 1.83. The fourth-order valence-electron chi connectivity index (χ4n) is 3.80. The Labute approximate surface area is 158 Å². The van der Waals surface area contributed by atoms with Crippen LogP contribution in [0.4, 0.5) is 0 Å². The van der Waals surface area contributed by atoms with E-state index in [4.69, 9.17) is 9.15 Å². The van der Waals surface area contributed by atoms with Crippen LogP contribution in [0.1, 0.15) is 35.0 Å². The Morgan fingerprint density at radius 2 is 1.89 bits per heavy atom. The molecule has 1 aromatic heterocycles. The van der Waals surface area contributed by atoms with E-state index in [1.807, 2.05) is 42.5 Å². The number of nitrogens with one attached hydrogen (secondary N) is 1. The first-order chi connectivity index (χ1) is 13.3. The van der Waals surface area contributed by atoms with Crippen molar-refractivity contribution >= 4 is 16.9 Å². The van der Waals surface area contributed by atoms with E-state index in [2.05, 4.69) is 16.3 Å². The number of hydrogen-bond acceptors (Lipinski definition) is 4. The molecule has 3 aromatic rings. The van der Waals surface area contributed by atoms with Crippen LogP contribution in [0.3, 0.4) is 0 Å². The summed E-state index contributed by atoms with van der Waals surface area (Å²) in [6, 6.07) is 17.6. The first kappa shape index (κ1) is 17.6. The molecule has 5 nitrogen and oxygen atoms in total. The second-order valence-corrected chi connectivity index (χ2v) is 6.86. The quantitative estimate of drug-likeness (QED) is 0.718. The number of ether oxygens (including phenoxy) is 1. The number of methoxy groups -OCH3 is 1. The lowest BCUT2D eigenvalue weighted by Gasteiger charge is -2.29. The average molecular weight is 364 g/mol. The summed E-state index contributed by atoms with van der Waals surface area (Å²) in [7, 11) is 1.69. The van der Waals surface area contributed by atoms with Gasteiger partial charge in [0, 0.05) is 17.5 Å². The van der Waals surface area contributed by atoms with Crippen LogP contribution in [0.25, 0.3) is 11.0 Å². The summed E-state index contributed by atoms with van der Waals surface area (Å²) in [6.07, 6.45) is 2.37. The monoisotopic (exact) mass is 364 g/mol. The Balaban J connectivity index is 1.53. The van der Waals surface area contributed by atoms with Crippen LogP contribution < -0.4 is 10.1 Å². The number of fused-ring (bicyclic) bond motifs is 1. The summed E-state index contributed by atoms with van der Waals surface area (Å²) in [5, 5.41) is 3.99. The average Bonchev–Trinajstić information content (AvgIpc) is 3.38. The molecule has 27 heavy (non-hydrogen) atoms. The van der Waals surface area contributed by atoms with Crippen LogP contribution in [-0.2, 0) is 0 Å². The van der Waals surface area contributed by atoms with E-state index in [0.717, 1.165) is 35.4 Å². The number of likely N-dealkylation sites (tertiary alicyclic amines) is 1. The highest BCUT2D eigenvalue weighted by Gasteiger charge is 2.26. The van der Waals surface area contributed by atoms with Gasteiger partial charge >= 0.3 is 0 Å². The van der Waals surface area contributed by atoms with E-state index in [1.165, 1.54) is 12.8 Å². The maximum absolute atomic E-state index is 12.7. The summed E-state index contributed by atoms with van der Waals surface area (Å²) < 4.78 is 11.2. The van der Waals surface area contributed by atoms with Crippen molar-refractivity contribution in [1.82, 2.24) is 10.2 Å². The maximum Gasteiger partial charge on any atom is 0.287 e. The van der Waals surface area contributed by atoms with Gasteiger partial charge in [-0.2, -0.15) is 0 Å². The Morgan fingerprint density at radius 1 is 1.15 bits per heavy atom. The minimum absolute atomic E-state index is 0.0805. The minimum Gasteiger partial charge on any atom is -0.496 e. The second kappa shape index (κ2) is 7.84. The molecule has 0 bridgehead atoms. The Bertz CT molecular complexity index is 895. The Morgan fingerprint density at radius 3 is 2.67 bits per heavy atom. The number of amides is 1. The molecule has 1 amide bonds. The summed E-state index contributed by atoms with van der Waals surface area (Å²) in [5.74, 6) is 1.01. The van der Waals surface area contributed by atoms with Gasteiger partial charge in [0.25, 0.3) is 5.91 Å². The number of para-hydroxylation sites is 2. The number of rotatable bonds is 6. The molecule has 0 aliphatic carbocycles. The molecule has 2 heterocycles. The van der Waals surface area contributed by atoms with Crippen LogP contribution >= 0.6 is 0 Å². The predicted octanol–water partition coefficient (Wildman–Crippen LogP) is 4.01. The van der Waals surface area contributed by atoms with Crippen molar-refractivity contribution in [3.05, 3.63) is 65.9 Å². The molecule has 1 fully saturated rings. The molecule has 1 N–H and O–H groups in total. The van der Waals surface area contributed by atoms with Crippen molar-refractivity contribution in [3.63, 3.8) is 0 Å². The Hall–Kier alpha value is -2.79. The van der Waals surface area contributed by atoms with E-state index in [-0.39, 0.29) is 11.9 Å². The molecule has 5 heteroatoms. The second-order valence-electron chi connectivity index (χ2n) is 6.86. The van der Waals surface area contributed by atoms with Gasteiger partial charge in [-0.05, 0) is 44.1 Å². The molecule has 1 aliphatic rings. The van der Waals surface area contributed by atoms with Gasteiger partial charge in [0.2, 0.25) is 0 Å². The highest BCUT2D eigenvalue weighted by atomic mass is 16.5. The molecule has 0 spiro atoms. The third kappa shape index (κ3) is 3.69. The minimum atomic E-state index is -0.190. The first-order valence-corrected chi connectivity index (χ1v) is 9.40. The first-order valence-electron chi connectivity index (χ1n) is 9.40. The fraction of sp³-hybridized carbons (Fsp3) is 0.318. The highest BCUT2D eigenvalue weighted by molar-refractivity contribution is 5.96. The van der Waals surface area contributed by atoms with Crippen molar-refractivity contribution in [2.45, 2.75) is 18.9 Å². The Kier molecular flexibility index (Phi) is 5.12. The van der Waals surface area contributed by atoms with Crippen LogP contribution in [0.15, 0.2) is 59.0 Å². The van der Waals surface area contributed by atoms with Gasteiger partial charge < -0.3 is 14.5 Å². The van der Waals surface area contributed by atoms with E-state index in [9.17, 15) is 4.79 Å². The summed E-state index contributed by atoms with van der Waals surface area (Å²) in [6.45, 7) is 2.57. The van der Waals surface area contributed by atoms with Crippen molar-refractivity contribution < 1.29 is 13.9 Å². The van der Waals surface area contributed by atoms with Gasteiger partial charge in [0.05, 0.1) is 13.2 Å². The molecule has 1 saturated heterocycles. The van der Waals surface area contributed by atoms with Crippen molar-refractivity contribution in [2.75, 3.05) is 26.7 Å². The van der Waals surface area contributed by atoms with Crippen molar-refractivity contribution in [3.8, 4) is 5.75 Å². The molecule has 0 radical (unpaired) electrons. The highest BCUT2D eigenvalue weighted by Crippen LogP contribution is 2.31. The van der Waals surface area contributed by atoms with Crippen LogP contribution in [0.2, 0.25) is 0 Å². The zero-order valence-electron chi connectivity index (χ0n) is 15.5. The molecule has 140 valence electrons. The number of carbonyl (C=O) groups is 1. The third-order valence-corrected chi connectivity index (χ3v) is 5.18. The van der Waals surface area contributed by atoms with Gasteiger partial charge in [-0.1, -0.05) is 36.4 Å². The molecular formula is C22H24N2O3. The summed E-state index contributed by atoms with van der Waals surface area (Å²) >= 11 is 0. The molecule has 1 aliphatic heterocycles. The zero-order chi connectivity index (χ0) is 18.6. The zero-order valence-corrected chi connectivity index (χ0v) is 15.5. The lowest BCUT2D eigenvalue weighted by Crippen LogP contribution is -2.36. The summed E-state index contributed by atoms with van der Waals surface area (Å²) in [4.78, 5) is 15.1. The van der Waals surface area contributed by atoms with E-state index < -0.39 is 0 Å². The van der Waals surface area contributed by atoms with Gasteiger partial charge in [-0.15, -0.1) is 0 Å². The number of carbonyl (C=O) groups excluding carboxylic acids is 1. The molecular weight excluding hydrogens is 340 g/mol. The molecule has 1 atom stereocenters. The van der Waals surface area contributed by atoms with Crippen molar-refractivity contribution in [1.29, 1.82) is 0 Å². The smallest absolute Gasteiger partial charge is 0.287 e. The topological polar surface area (TPSA) is 54.7 Å². The number of benzene rings is 2. The van der Waals surface area contributed by atoms with Crippen molar-refractivity contribution in [2.24, 2.45) is 0 Å². The lowest BCUT2D eigenvalue weighted by atomic mass is 10.0. The normalized spacial score (nSPS) is 15.7. The van der Waals surface area contributed by atoms with E-state index in [1.54, 1.807) is 13.2 Å². The molecule has 0 saturated carbocycles. The number of hydrogen-bond donors (Lipinski definition) is 1. The van der Waals surface area contributed by atoms with Gasteiger partial charge in [0.15, 0.2) is 5.76 Å². The number of furan rings is 1. The molecule has 4 rings (SSSR count). The molecule has 1 unspecified atom stereocenters. The predicted molar refractivity (Wildman–Crippen MR) is 105 cm³/mol. The standard InChI is InChI=1S/C22H24N2O3/c1-26-20-11-5-3-9-17(20)18(24-12-6-7-13-24)15-23-22(25)21-14-16-8-2-4-10-19(16)27-21/h2-5,8-11,14,18H,6-7,12-13,15H2,1H3,(H,23,25). The van der Waals surface area contributed by atoms with E-state index >= 15 is 0 Å². The SMILES string of the molecule is COc1ccccc1C(CNC(=O)c1cc2ccccc2o1)N1CCCC1. The van der Waals surface area contributed by atoms with Gasteiger partial charge in [0.1, 0.15) is 11.3 Å². The maximum atomic E-state index is 12.7. The lowest BCUT2D eigenvalue weighted by molar-refractivity contribution is 0.0912. The van der Waals surface area contributed by atoms with Crippen LogP contribution in [0.5, 0.6) is 5.75 Å². The molecule has 2 aromatic carbocycles. The van der Waals surface area contributed by atoms with Gasteiger partial charge in [-0.25, -0.2) is 0 Å². The van der Waals surface area contributed by atoms with Crippen LogP contribution in [-0.4, -0.2) is 37.6 Å². The fourth-order valence-corrected chi connectivity index (χ4v) is 3.80. The van der Waals surface area contributed by atoms with Crippen LogP contribution in [0, 0.1) is 0 Å². The number of nitrogens with zero attached hydrogens (tertiary/aromatic N) is 1. The van der Waals surface area contributed by atoms with E-state index in [0.29, 0.717) is 12.3 Å². The van der Waals surface area contributed by atoms with Gasteiger partial charge in [-0.3, -0.25) is 9.69 Å². The largest absolute Gasteiger partial charge is 0.496 e. The third-order valence-electron chi connectivity index (χ3n) is 5.18.